The van der Waals surface area contributed by atoms with Crippen molar-refractivity contribution in [2.45, 2.75) is 55.7 Å². The highest BCUT2D eigenvalue weighted by atomic mass is 32.2. The number of aryl methyl sites for hydroxylation is 1. The number of hydrogen-bond donors (Lipinski definition) is 1. The third-order valence-corrected chi connectivity index (χ3v) is 6.21. The first-order valence-corrected chi connectivity index (χ1v) is 8.11. The number of aliphatic hydroxyl groups is 1. The van der Waals surface area contributed by atoms with E-state index in [0.717, 1.165) is 18.4 Å². The summed E-state index contributed by atoms with van der Waals surface area (Å²) >= 11 is 0. The van der Waals surface area contributed by atoms with Crippen LogP contribution in [0.1, 0.15) is 31.7 Å². The van der Waals surface area contributed by atoms with Crippen LogP contribution in [0.4, 0.5) is 0 Å². The largest absolute Gasteiger partial charge is 0.388 e. The van der Waals surface area contributed by atoms with Crippen LogP contribution < -0.4 is 0 Å². The monoisotopic (exact) mass is 281 g/mol. The molecule has 1 unspecified atom stereocenters. The summed E-state index contributed by atoms with van der Waals surface area (Å²) in [6.45, 7) is 3.67. The van der Waals surface area contributed by atoms with Gasteiger partial charge in [-0.25, -0.2) is 8.42 Å². The van der Waals surface area contributed by atoms with Gasteiger partial charge in [-0.15, -0.1) is 0 Å². The first kappa shape index (κ1) is 13.1. The standard InChI is InChI=1S/C14H19NO3S/c1-10-5-7-11(8-6-10)19(17,18)15-12-4-3-9-14(2,16)13(12)15/h5-8,12-13,16H,3-4,9H2,1-2H3/t12-,13-,14+,15?/m0/s1. The molecule has 2 aliphatic rings. The van der Waals surface area contributed by atoms with E-state index in [2.05, 4.69) is 0 Å². The van der Waals surface area contributed by atoms with Crippen LogP contribution in [0.5, 0.6) is 0 Å². The molecule has 104 valence electrons. The minimum absolute atomic E-state index is 0.0185. The van der Waals surface area contributed by atoms with Gasteiger partial charge < -0.3 is 5.11 Å². The van der Waals surface area contributed by atoms with Crippen molar-refractivity contribution in [3.8, 4) is 0 Å². The maximum atomic E-state index is 12.6. The fraction of sp³-hybridized carbons (Fsp3) is 0.571. The average molecular weight is 281 g/mol. The molecule has 1 aromatic carbocycles. The summed E-state index contributed by atoms with van der Waals surface area (Å²) in [4.78, 5) is 0.322. The summed E-state index contributed by atoms with van der Waals surface area (Å²) in [5.74, 6) is 0. The van der Waals surface area contributed by atoms with E-state index in [1.54, 1.807) is 31.2 Å². The van der Waals surface area contributed by atoms with E-state index < -0.39 is 15.6 Å². The smallest absolute Gasteiger partial charge is 0.243 e. The van der Waals surface area contributed by atoms with E-state index >= 15 is 0 Å². The van der Waals surface area contributed by atoms with Gasteiger partial charge in [0.25, 0.3) is 0 Å². The lowest BCUT2D eigenvalue weighted by Gasteiger charge is -2.25. The van der Waals surface area contributed by atoms with Gasteiger partial charge in [0.15, 0.2) is 0 Å². The lowest BCUT2D eigenvalue weighted by molar-refractivity contribution is 0.0318. The number of hydrogen-bond acceptors (Lipinski definition) is 3. The summed E-state index contributed by atoms with van der Waals surface area (Å²) in [6, 6.07) is 6.63. The van der Waals surface area contributed by atoms with Gasteiger partial charge in [-0.3, -0.25) is 0 Å². The maximum Gasteiger partial charge on any atom is 0.243 e. The fourth-order valence-electron chi connectivity index (χ4n) is 3.21. The van der Waals surface area contributed by atoms with Crippen molar-refractivity contribution >= 4 is 10.0 Å². The molecule has 1 aliphatic heterocycles. The Hall–Kier alpha value is -0.910. The molecule has 1 saturated heterocycles. The Morgan fingerprint density at radius 1 is 1.32 bits per heavy atom. The van der Waals surface area contributed by atoms with Gasteiger partial charge >= 0.3 is 0 Å². The molecule has 0 aromatic heterocycles. The molecule has 1 N–H and O–H groups in total. The number of fused-ring (bicyclic) bond motifs is 1. The molecular formula is C14H19NO3S. The molecule has 0 spiro atoms. The highest BCUT2D eigenvalue weighted by molar-refractivity contribution is 7.89. The van der Waals surface area contributed by atoms with Crippen LogP contribution in [0.15, 0.2) is 29.2 Å². The Bertz CT molecular complexity index is 592. The molecule has 0 amide bonds. The molecular weight excluding hydrogens is 262 g/mol. The normalized spacial score (nSPS) is 37.7. The van der Waals surface area contributed by atoms with Crippen LogP contribution in [0.3, 0.4) is 0 Å². The molecule has 1 heterocycles. The Labute approximate surface area is 114 Å². The Balaban J connectivity index is 1.93. The quantitative estimate of drug-likeness (QED) is 0.839. The van der Waals surface area contributed by atoms with Gasteiger partial charge in [0.2, 0.25) is 10.0 Å². The molecule has 1 aromatic rings. The predicted molar refractivity (Wildman–Crippen MR) is 72.3 cm³/mol. The van der Waals surface area contributed by atoms with E-state index in [-0.39, 0.29) is 12.1 Å². The molecule has 4 nitrogen and oxygen atoms in total. The van der Waals surface area contributed by atoms with Gasteiger partial charge in [0, 0.05) is 6.04 Å². The van der Waals surface area contributed by atoms with E-state index in [0.29, 0.717) is 11.3 Å². The molecule has 4 atom stereocenters. The highest BCUT2D eigenvalue weighted by Crippen LogP contribution is 2.49. The van der Waals surface area contributed by atoms with Crippen LogP contribution in [0.25, 0.3) is 0 Å². The van der Waals surface area contributed by atoms with Crippen LogP contribution >= 0.6 is 0 Å². The summed E-state index contributed by atoms with van der Waals surface area (Å²) in [5, 5.41) is 10.3. The number of rotatable bonds is 2. The zero-order chi connectivity index (χ0) is 13.8. The molecule has 0 radical (unpaired) electrons. The molecule has 19 heavy (non-hydrogen) atoms. The predicted octanol–water partition coefficient (Wildman–Crippen LogP) is 1.67. The van der Waals surface area contributed by atoms with E-state index in [4.69, 9.17) is 0 Å². The first-order chi connectivity index (χ1) is 8.84. The third-order valence-electron chi connectivity index (χ3n) is 4.29. The molecule has 3 rings (SSSR count). The minimum atomic E-state index is -3.46. The SMILES string of the molecule is Cc1ccc(S(=O)(=O)N2[C@H]3[C@@H]2CCC[C@@]3(C)O)cc1. The van der Waals surface area contributed by atoms with Gasteiger partial charge in [-0.05, 0) is 45.2 Å². The zero-order valence-corrected chi connectivity index (χ0v) is 12.0. The summed E-state index contributed by atoms with van der Waals surface area (Å²) in [6.07, 6.45) is 2.41. The average Bonchev–Trinajstić information content (AvgIpc) is 3.06. The van der Waals surface area contributed by atoms with Crippen LogP contribution in [0.2, 0.25) is 0 Å². The van der Waals surface area contributed by atoms with Gasteiger partial charge in [-0.1, -0.05) is 17.7 Å². The Morgan fingerprint density at radius 2 is 1.95 bits per heavy atom. The number of benzene rings is 1. The minimum Gasteiger partial charge on any atom is -0.388 e. The second-order valence-corrected chi connectivity index (χ2v) is 7.75. The van der Waals surface area contributed by atoms with E-state index in [1.807, 2.05) is 6.92 Å². The highest BCUT2D eigenvalue weighted by Gasteiger charge is 2.64. The van der Waals surface area contributed by atoms with Crippen LogP contribution in [-0.2, 0) is 10.0 Å². The van der Waals surface area contributed by atoms with Gasteiger partial charge in [0.1, 0.15) is 0 Å². The zero-order valence-electron chi connectivity index (χ0n) is 11.2. The van der Waals surface area contributed by atoms with E-state index in [9.17, 15) is 13.5 Å². The Morgan fingerprint density at radius 3 is 2.53 bits per heavy atom. The topological polar surface area (TPSA) is 57.4 Å². The second kappa shape index (κ2) is 4.04. The van der Waals surface area contributed by atoms with Crippen molar-refractivity contribution in [2.24, 2.45) is 0 Å². The van der Waals surface area contributed by atoms with Crippen molar-refractivity contribution in [3.63, 3.8) is 0 Å². The number of nitrogens with zero attached hydrogens (tertiary/aromatic N) is 1. The summed E-state index contributed by atoms with van der Waals surface area (Å²) < 4.78 is 26.6. The summed E-state index contributed by atoms with van der Waals surface area (Å²) in [5.41, 5.74) is 0.148. The third kappa shape index (κ3) is 2.00. The molecule has 1 aliphatic carbocycles. The van der Waals surface area contributed by atoms with Crippen molar-refractivity contribution in [2.75, 3.05) is 0 Å². The molecule has 5 heteroatoms. The molecule has 0 bridgehead atoms. The lowest BCUT2D eigenvalue weighted by atomic mass is 9.87. The van der Waals surface area contributed by atoms with Crippen LogP contribution in [-0.4, -0.2) is 35.5 Å². The molecule has 2 fully saturated rings. The van der Waals surface area contributed by atoms with Gasteiger partial charge in [-0.2, -0.15) is 4.31 Å². The van der Waals surface area contributed by atoms with Crippen molar-refractivity contribution in [3.05, 3.63) is 29.8 Å². The van der Waals surface area contributed by atoms with Crippen molar-refractivity contribution < 1.29 is 13.5 Å². The summed E-state index contributed by atoms with van der Waals surface area (Å²) in [7, 11) is -3.46. The number of sulfonamides is 1. The second-order valence-electron chi connectivity index (χ2n) is 5.91. The molecule has 1 saturated carbocycles. The van der Waals surface area contributed by atoms with Crippen molar-refractivity contribution in [1.82, 2.24) is 4.31 Å². The fourth-order valence-corrected chi connectivity index (χ4v) is 5.12. The first-order valence-electron chi connectivity index (χ1n) is 6.67. The van der Waals surface area contributed by atoms with Crippen LogP contribution in [0, 0.1) is 6.92 Å². The van der Waals surface area contributed by atoms with Gasteiger partial charge in [0.05, 0.1) is 16.5 Å². The van der Waals surface area contributed by atoms with Crippen molar-refractivity contribution in [1.29, 1.82) is 0 Å². The maximum absolute atomic E-state index is 12.6. The van der Waals surface area contributed by atoms with E-state index in [1.165, 1.54) is 4.31 Å². The lowest BCUT2D eigenvalue weighted by Crippen LogP contribution is -2.37. The Kier molecular flexibility index (Phi) is 2.78.